The molecular formula is C20H29FN4O2. The van der Waals surface area contributed by atoms with E-state index in [9.17, 15) is 14.3 Å². The number of aromatic nitrogens is 3. The van der Waals surface area contributed by atoms with Crippen LogP contribution in [-0.2, 0) is 16.8 Å². The lowest BCUT2D eigenvalue weighted by Gasteiger charge is -2.27. The van der Waals surface area contributed by atoms with Crippen LogP contribution in [0.2, 0.25) is 0 Å². The monoisotopic (exact) mass is 376 g/mol. The molecule has 0 aliphatic carbocycles. The number of hydrogen-bond donors (Lipinski definition) is 2. The zero-order valence-corrected chi connectivity index (χ0v) is 16.7. The third kappa shape index (κ3) is 6.13. The van der Waals surface area contributed by atoms with Crippen molar-refractivity contribution in [3.63, 3.8) is 0 Å². The summed E-state index contributed by atoms with van der Waals surface area (Å²) >= 11 is 0. The van der Waals surface area contributed by atoms with Gasteiger partial charge >= 0.3 is 0 Å². The summed E-state index contributed by atoms with van der Waals surface area (Å²) in [5.74, 6) is -0.506. The molecule has 2 N–H and O–H groups in total. The van der Waals surface area contributed by atoms with Gasteiger partial charge in [0.25, 0.3) is 0 Å². The van der Waals surface area contributed by atoms with Crippen LogP contribution < -0.4 is 5.32 Å². The third-order valence-electron chi connectivity index (χ3n) is 4.36. The molecule has 0 aliphatic rings. The van der Waals surface area contributed by atoms with Crippen LogP contribution in [0.25, 0.3) is 0 Å². The van der Waals surface area contributed by atoms with Gasteiger partial charge in [-0.25, -0.2) is 9.07 Å². The SMILES string of the molecule is CC(C)(C)CC(NC(=O)Cn1cc(C(C)(C)CO)nn1)c1ccc(F)cc1. The first-order chi connectivity index (χ1) is 12.5. The Morgan fingerprint density at radius 2 is 1.85 bits per heavy atom. The summed E-state index contributed by atoms with van der Waals surface area (Å²) in [6.45, 7) is 9.96. The van der Waals surface area contributed by atoms with E-state index in [-0.39, 0.29) is 36.3 Å². The van der Waals surface area contributed by atoms with Crippen LogP contribution >= 0.6 is 0 Å². The molecule has 0 saturated heterocycles. The van der Waals surface area contributed by atoms with Crippen molar-refractivity contribution in [2.24, 2.45) is 5.41 Å². The van der Waals surface area contributed by atoms with Gasteiger partial charge in [-0.05, 0) is 29.5 Å². The predicted molar refractivity (Wildman–Crippen MR) is 101 cm³/mol. The van der Waals surface area contributed by atoms with Gasteiger partial charge in [-0.15, -0.1) is 5.10 Å². The first-order valence-corrected chi connectivity index (χ1v) is 9.06. The first kappa shape index (κ1) is 21.0. The lowest BCUT2D eigenvalue weighted by atomic mass is 9.85. The van der Waals surface area contributed by atoms with E-state index in [0.29, 0.717) is 12.1 Å². The molecule has 1 heterocycles. The van der Waals surface area contributed by atoms with E-state index in [4.69, 9.17) is 0 Å². The summed E-state index contributed by atoms with van der Waals surface area (Å²) in [6, 6.07) is 5.97. The Labute approximate surface area is 159 Å². The molecule has 0 bridgehead atoms. The first-order valence-electron chi connectivity index (χ1n) is 9.06. The van der Waals surface area contributed by atoms with Crippen LogP contribution in [-0.4, -0.2) is 32.6 Å². The fraction of sp³-hybridized carbons (Fsp3) is 0.550. The number of rotatable bonds is 7. The Hall–Kier alpha value is -2.28. The maximum Gasteiger partial charge on any atom is 0.242 e. The van der Waals surface area contributed by atoms with E-state index in [1.165, 1.54) is 16.8 Å². The van der Waals surface area contributed by atoms with E-state index in [1.54, 1.807) is 18.3 Å². The van der Waals surface area contributed by atoms with Crippen molar-refractivity contribution < 1.29 is 14.3 Å². The van der Waals surface area contributed by atoms with Gasteiger partial charge in [0.2, 0.25) is 5.91 Å². The van der Waals surface area contributed by atoms with Crippen LogP contribution in [0.3, 0.4) is 0 Å². The van der Waals surface area contributed by atoms with E-state index < -0.39 is 5.41 Å². The van der Waals surface area contributed by atoms with Crippen molar-refractivity contribution in [3.05, 3.63) is 47.5 Å². The molecule has 1 aromatic carbocycles. The van der Waals surface area contributed by atoms with Gasteiger partial charge in [-0.1, -0.05) is 52.0 Å². The van der Waals surface area contributed by atoms with Gasteiger partial charge in [-0.2, -0.15) is 0 Å². The minimum Gasteiger partial charge on any atom is -0.395 e. The average Bonchev–Trinajstić information content (AvgIpc) is 3.03. The summed E-state index contributed by atoms with van der Waals surface area (Å²) < 4.78 is 14.7. The molecule has 1 amide bonds. The number of benzene rings is 1. The van der Waals surface area contributed by atoms with Gasteiger partial charge in [0.05, 0.1) is 18.3 Å². The van der Waals surface area contributed by atoms with Crippen LogP contribution in [0, 0.1) is 11.2 Å². The minimum absolute atomic E-state index is 0.0160. The van der Waals surface area contributed by atoms with Gasteiger partial charge < -0.3 is 10.4 Å². The van der Waals surface area contributed by atoms with Crippen molar-refractivity contribution >= 4 is 5.91 Å². The number of nitrogens with zero attached hydrogens (tertiary/aromatic N) is 3. The Bertz CT molecular complexity index is 763. The molecule has 27 heavy (non-hydrogen) atoms. The second kappa shape index (κ2) is 8.17. The molecule has 0 fully saturated rings. The third-order valence-corrected chi connectivity index (χ3v) is 4.36. The number of halogens is 1. The quantitative estimate of drug-likeness (QED) is 0.779. The second-order valence-corrected chi connectivity index (χ2v) is 8.78. The number of nitrogens with one attached hydrogen (secondary N) is 1. The highest BCUT2D eigenvalue weighted by Crippen LogP contribution is 2.29. The molecule has 1 atom stereocenters. The van der Waals surface area contributed by atoms with Crippen molar-refractivity contribution in [2.75, 3.05) is 6.61 Å². The molecule has 6 nitrogen and oxygen atoms in total. The molecule has 0 saturated carbocycles. The number of carbonyl (C=O) groups excluding carboxylic acids is 1. The predicted octanol–water partition coefficient (Wildman–Crippen LogP) is 2.98. The minimum atomic E-state index is -0.516. The maximum absolute atomic E-state index is 13.2. The van der Waals surface area contributed by atoms with Gasteiger partial charge in [0.15, 0.2) is 0 Å². The molecule has 2 aromatic rings. The molecule has 1 unspecified atom stereocenters. The Morgan fingerprint density at radius 3 is 2.41 bits per heavy atom. The standard InChI is InChI=1S/C20H29FN4O2/c1-19(2,3)10-16(14-6-8-15(21)9-7-14)22-18(27)12-25-11-17(23-24-25)20(4,5)13-26/h6-9,11,16,26H,10,12-13H2,1-5H3,(H,22,27). The summed E-state index contributed by atoms with van der Waals surface area (Å²) in [7, 11) is 0. The zero-order chi connectivity index (χ0) is 20.2. The normalized spacial score (nSPS) is 13.4. The van der Waals surface area contributed by atoms with Crippen LogP contribution in [0.1, 0.15) is 58.3 Å². The zero-order valence-electron chi connectivity index (χ0n) is 16.7. The van der Waals surface area contributed by atoms with Crippen molar-refractivity contribution in [3.8, 4) is 0 Å². The Morgan fingerprint density at radius 1 is 1.22 bits per heavy atom. The molecule has 0 radical (unpaired) electrons. The molecule has 2 rings (SSSR count). The summed E-state index contributed by atoms with van der Waals surface area (Å²) in [5, 5.41) is 20.5. The second-order valence-electron chi connectivity index (χ2n) is 8.78. The molecular weight excluding hydrogens is 347 g/mol. The summed E-state index contributed by atoms with van der Waals surface area (Å²) in [4.78, 5) is 12.6. The molecule has 7 heteroatoms. The number of amides is 1. The molecule has 0 spiro atoms. The van der Waals surface area contributed by atoms with Gasteiger partial charge in [-0.3, -0.25) is 4.79 Å². The summed E-state index contributed by atoms with van der Waals surface area (Å²) in [6.07, 6.45) is 2.39. The number of aliphatic hydroxyl groups is 1. The van der Waals surface area contributed by atoms with E-state index in [2.05, 4.69) is 36.4 Å². The number of carbonyl (C=O) groups is 1. The van der Waals surface area contributed by atoms with Gasteiger partial charge in [0, 0.05) is 11.6 Å². The van der Waals surface area contributed by atoms with Crippen LogP contribution in [0.5, 0.6) is 0 Å². The van der Waals surface area contributed by atoms with E-state index in [1.807, 2.05) is 13.8 Å². The van der Waals surface area contributed by atoms with E-state index in [0.717, 1.165) is 5.56 Å². The fourth-order valence-corrected chi connectivity index (χ4v) is 2.71. The van der Waals surface area contributed by atoms with Crippen LogP contribution in [0.4, 0.5) is 4.39 Å². The van der Waals surface area contributed by atoms with E-state index >= 15 is 0 Å². The highest BCUT2D eigenvalue weighted by molar-refractivity contribution is 5.76. The fourth-order valence-electron chi connectivity index (χ4n) is 2.71. The highest BCUT2D eigenvalue weighted by Gasteiger charge is 2.25. The smallest absolute Gasteiger partial charge is 0.242 e. The number of hydrogen-bond acceptors (Lipinski definition) is 4. The average molecular weight is 376 g/mol. The highest BCUT2D eigenvalue weighted by atomic mass is 19.1. The van der Waals surface area contributed by atoms with Crippen molar-refractivity contribution in [1.29, 1.82) is 0 Å². The molecule has 1 aromatic heterocycles. The Kier molecular flexibility index (Phi) is 6.36. The van der Waals surface area contributed by atoms with Crippen molar-refractivity contribution in [2.45, 2.75) is 59.0 Å². The maximum atomic E-state index is 13.2. The van der Waals surface area contributed by atoms with Crippen molar-refractivity contribution in [1.82, 2.24) is 20.3 Å². The van der Waals surface area contributed by atoms with Crippen LogP contribution in [0.15, 0.2) is 30.5 Å². The topological polar surface area (TPSA) is 80.0 Å². The summed E-state index contributed by atoms with van der Waals surface area (Å²) in [5.41, 5.74) is 0.957. The largest absolute Gasteiger partial charge is 0.395 e. The molecule has 0 aliphatic heterocycles. The Balaban J connectivity index is 2.10. The lowest BCUT2D eigenvalue weighted by Crippen LogP contribution is -2.34. The molecule has 148 valence electrons. The van der Waals surface area contributed by atoms with Gasteiger partial charge in [0.1, 0.15) is 12.4 Å². The number of aliphatic hydroxyl groups excluding tert-OH is 1. The lowest BCUT2D eigenvalue weighted by molar-refractivity contribution is -0.122.